The maximum absolute atomic E-state index is 12.6. The Morgan fingerprint density at radius 3 is 2.48 bits per heavy atom. The summed E-state index contributed by atoms with van der Waals surface area (Å²) in [6.07, 6.45) is 0.235. The molecule has 0 aromatic carbocycles. The molecular formula is C16H30Cl2F3N3O. The molecule has 1 saturated heterocycles. The molecule has 1 heterocycles. The predicted octanol–water partition coefficient (Wildman–Crippen LogP) is 3.08. The highest BCUT2D eigenvalue weighted by molar-refractivity contribution is 5.85. The molecule has 2 fully saturated rings. The number of likely N-dealkylation sites (tertiary alicyclic amines) is 1. The lowest BCUT2D eigenvalue weighted by molar-refractivity contribution is -0.147. The minimum atomic E-state index is -4.16. The van der Waals surface area contributed by atoms with Gasteiger partial charge in [-0.1, -0.05) is 13.3 Å². The van der Waals surface area contributed by atoms with Crippen LogP contribution in [0.4, 0.5) is 13.2 Å². The predicted molar refractivity (Wildman–Crippen MR) is 97.3 cm³/mol. The van der Waals surface area contributed by atoms with Crippen LogP contribution in [0.3, 0.4) is 0 Å². The van der Waals surface area contributed by atoms with Crippen LogP contribution in [0.1, 0.15) is 39.0 Å². The summed E-state index contributed by atoms with van der Waals surface area (Å²) in [5, 5.41) is 0. The van der Waals surface area contributed by atoms with E-state index < -0.39 is 12.7 Å². The van der Waals surface area contributed by atoms with Gasteiger partial charge in [0, 0.05) is 31.6 Å². The fourth-order valence-corrected chi connectivity index (χ4v) is 3.82. The molecule has 25 heavy (non-hydrogen) atoms. The summed E-state index contributed by atoms with van der Waals surface area (Å²) in [5.74, 6) is 0.301. The molecule has 2 N–H and O–H groups in total. The van der Waals surface area contributed by atoms with E-state index in [2.05, 4.69) is 0 Å². The average molecular weight is 408 g/mol. The molecule has 2 rings (SSSR count). The van der Waals surface area contributed by atoms with E-state index >= 15 is 0 Å². The Morgan fingerprint density at radius 2 is 1.92 bits per heavy atom. The van der Waals surface area contributed by atoms with Crippen LogP contribution in [0.15, 0.2) is 0 Å². The second kappa shape index (κ2) is 10.8. The lowest BCUT2D eigenvalue weighted by atomic mass is 9.85. The third-order valence-corrected chi connectivity index (χ3v) is 5.03. The van der Waals surface area contributed by atoms with Gasteiger partial charge in [0.1, 0.15) is 0 Å². The topological polar surface area (TPSA) is 49.6 Å². The number of nitrogens with two attached hydrogens (primary N) is 1. The number of amides is 1. The normalized spacial score (nSPS) is 27.0. The summed E-state index contributed by atoms with van der Waals surface area (Å²) in [6, 6.07) is 0.110. The molecule has 0 bridgehead atoms. The third-order valence-electron chi connectivity index (χ3n) is 5.03. The molecule has 1 aliphatic heterocycles. The molecule has 2 aliphatic rings. The molecule has 150 valence electrons. The van der Waals surface area contributed by atoms with Crippen molar-refractivity contribution in [3.63, 3.8) is 0 Å². The van der Waals surface area contributed by atoms with Gasteiger partial charge in [-0.25, -0.2) is 0 Å². The van der Waals surface area contributed by atoms with Crippen molar-refractivity contribution < 1.29 is 18.0 Å². The molecule has 1 saturated carbocycles. The minimum absolute atomic E-state index is 0. The third kappa shape index (κ3) is 7.89. The van der Waals surface area contributed by atoms with Gasteiger partial charge in [-0.05, 0) is 38.1 Å². The van der Waals surface area contributed by atoms with Crippen LogP contribution < -0.4 is 5.73 Å². The molecule has 1 amide bonds. The van der Waals surface area contributed by atoms with Crippen molar-refractivity contribution in [3.8, 4) is 0 Å². The molecule has 0 radical (unpaired) electrons. The van der Waals surface area contributed by atoms with Crippen LogP contribution in [-0.2, 0) is 4.79 Å². The van der Waals surface area contributed by atoms with Crippen molar-refractivity contribution in [2.45, 2.75) is 51.2 Å². The molecule has 0 aromatic rings. The molecule has 1 aliphatic carbocycles. The van der Waals surface area contributed by atoms with Gasteiger partial charge in [-0.3, -0.25) is 9.69 Å². The van der Waals surface area contributed by atoms with Crippen LogP contribution in [0.5, 0.6) is 0 Å². The SMILES string of the molecule is CCN(CC1CCN(C(=O)C2CCCC(N)C2)C1)CC(F)(F)F.Cl.Cl. The second-order valence-corrected chi connectivity index (χ2v) is 7.01. The van der Waals surface area contributed by atoms with E-state index in [-0.39, 0.29) is 48.6 Å². The van der Waals surface area contributed by atoms with Crippen molar-refractivity contribution in [2.24, 2.45) is 17.6 Å². The molecule has 0 spiro atoms. The Morgan fingerprint density at radius 1 is 1.24 bits per heavy atom. The first-order valence-corrected chi connectivity index (χ1v) is 8.62. The van der Waals surface area contributed by atoms with E-state index in [4.69, 9.17) is 5.73 Å². The van der Waals surface area contributed by atoms with E-state index in [9.17, 15) is 18.0 Å². The zero-order valence-electron chi connectivity index (χ0n) is 14.6. The van der Waals surface area contributed by atoms with E-state index in [0.29, 0.717) is 26.2 Å². The van der Waals surface area contributed by atoms with Crippen molar-refractivity contribution in [2.75, 3.05) is 32.7 Å². The minimum Gasteiger partial charge on any atom is -0.342 e. The Kier molecular flexibility index (Phi) is 10.7. The van der Waals surface area contributed by atoms with E-state index in [0.717, 1.165) is 32.1 Å². The largest absolute Gasteiger partial charge is 0.401 e. The maximum Gasteiger partial charge on any atom is 0.401 e. The van der Waals surface area contributed by atoms with E-state index in [1.54, 1.807) is 6.92 Å². The van der Waals surface area contributed by atoms with Gasteiger partial charge in [0.05, 0.1) is 6.54 Å². The zero-order valence-corrected chi connectivity index (χ0v) is 16.3. The smallest absolute Gasteiger partial charge is 0.342 e. The van der Waals surface area contributed by atoms with Gasteiger partial charge in [0.15, 0.2) is 0 Å². The maximum atomic E-state index is 12.6. The summed E-state index contributed by atoms with van der Waals surface area (Å²) >= 11 is 0. The fourth-order valence-electron chi connectivity index (χ4n) is 3.82. The number of carbonyl (C=O) groups is 1. The Labute approximate surface area is 160 Å². The summed E-state index contributed by atoms with van der Waals surface area (Å²) in [6.45, 7) is 2.90. The summed E-state index contributed by atoms with van der Waals surface area (Å²) in [5.41, 5.74) is 5.95. The van der Waals surface area contributed by atoms with Gasteiger partial charge in [-0.2, -0.15) is 13.2 Å². The summed E-state index contributed by atoms with van der Waals surface area (Å²) < 4.78 is 37.6. The van der Waals surface area contributed by atoms with Crippen LogP contribution >= 0.6 is 24.8 Å². The van der Waals surface area contributed by atoms with E-state index in [1.165, 1.54) is 4.90 Å². The monoisotopic (exact) mass is 407 g/mol. The number of carbonyl (C=O) groups excluding carboxylic acids is 1. The molecular weight excluding hydrogens is 378 g/mol. The number of alkyl halides is 3. The second-order valence-electron chi connectivity index (χ2n) is 7.01. The van der Waals surface area contributed by atoms with Crippen LogP contribution in [0.25, 0.3) is 0 Å². The van der Waals surface area contributed by atoms with Crippen molar-refractivity contribution in [3.05, 3.63) is 0 Å². The standard InChI is InChI=1S/C16H28F3N3O.2ClH/c1-2-21(11-16(17,18)19)9-12-6-7-22(10-12)15(23)13-4-3-5-14(20)8-13;;/h12-14H,2-11,20H2,1H3;2*1H. The molecule has 4 nitrogen and oxygen atoms in total. The van der Waals surface area contributed by atoms with Crippen molar-refractivity contribution in [1.82, 2.24) is 9.80 Å². The Bertz CT molecular complexity index is 413. The molecule has 0 aromatic heterocycles. The van der Waals surface area contributed by atoms with Crippen molar-refractivity contribution >= 4 is 30.7 Å². The van der Waals surface area contributed by atoms with Gasteiger partial charge >= 0.3 is 6.18 Å². The lowest BCUT2D eigenvalue weighted by Gasteiger charge is -2.30. The van der Waals surface area contributed by atoms with Crippen LogP contribution in [-0.4, -0.2) is 60.6 Å². The highest BCUT2D eigenvalue weighted by atomic mass is 35.5. The van der Waals surface area contributed by atoms with Gasteiger partial charge in [0.2, 0.25) is 5.91 Å². The quantitative estimate of drug-likeness (QED) is 0.761. The fraction of sp³-hybridized carbons (Fsp3) is 0.938. The molecule has 3 atom stereocenters. The number of rotatable bonds is 5. The van der Waals surface area contributed by atoms with Crippen LogP contribution in [0.2, 0.25) is 0 Å². The summed E-state index contributed by atoms with van der Waals surface area (Å²) in [7, 11) is 0. The first-order valence-electron chi connectivity index (χ1n) is 8.62. The average Bonchev–Trinajstić information content (AvgIpc) is 2.92. The number of halogens is 5. The van der Waals surface area contributed by atoms with Crippen LogP contribution in [0, 0.1) is 11.8 Å². The first-order chi connectivity index (χ1) is 10.8. The Balaban J connectivity index is 0.00000288. The van der Waals surface area contributed by atoms with E-state index in [1.807, 2.05) is 4.90 Å². The summed E-state index contributed by atoms with van der Waals surface area (Å²) in [4.78, 5) is 15.8. The molecule has 9 heteroatoms. The van der Waals surface area contributed by atoms with Gasteiger partial charge in [-0.15, -0.1) is 24.8 Å². The highest BCUT2D eigenvalue weighted by Crippen LogP contribution is 2.28. The first kappa shape index (κ1) is 24.8. The number of hydrogen-bond acceptors (Lipinski definition) is 3. The Hall–Kier alpha value is -0.240. The highest BCUT2D eigenvalue weighted by Gasteiger charge is 2.35. The molecule has 3 unspecified atom stereocenters. The number of hydrogen-bond donors (Lipinski definition) is 1. The van der Waals surface area contributed by atoms with Gasteiger partial charge in [0.25, 0.3) is 0 Å². The lowest BCUT2D eigenvalue weighted by Crippen LogP contribution is -2.41. The van der Waals surface area contributed by atoms with Gasteiger partial charge < -0.3 is 10.6 Å². The zero-order chi connectivity index (χ0) is 17.0. The van der Waals surface area contributed by atoms with Crippen molar-refractivity contribution in [1.29, 1.82) is 0 Å². The number of nitrogens with zero attached hydrogens (tertiary/aromatic N) is 2.